The van der Waals surface area contributed by atoms with Crippen molar-refractivity contribution in [2.75, 3.05) is 13.1 Å². The average Bonchev–Trinajstić information content (AvgIpc) is 2.50. The minimum atomic E-state index is -0.760. The number of carbonyl (C=O) groups is 2. The summed E-state index contributed by atoms with van der Waals surface area (Å²) in [6.07, 6.45) is 2.51. The second-order valence-electron chi connectivity index (χ2n) is 6.15. The molecule has 1 fully saturated rings. The molecule has 6 heteroatoms. The quantitative estimate of drug-likeness (QED) is 0.869. The van der Waals surface area contributed by atoms with E-state index in [0.29, 0.717) is 36.0 Å². The maximum Gasteiger partial charge on any atom is 0.306 e. The molecule has 1 saturated heterocycles. The number of rotatable bonds is 5. The highest BCUT2D eigenvalue weighted by Gasteiger charge is 2.32. The first kappa shape index (κ1) is 18.1. The Hall–Kier alpha value is -1.26. The van der Waals surface area contributed by atoms with Gasteiger partial charge in [-0.25, -0.2) is 0 Å². The fourth-order valence-corrected chi connectivity index (χ4v) is 3.36. The first-order chi connectivity index (χ1) is 10.9. The molecule has 1 aromatic rings. The van der Waals surface area contributed by atoms with E-state index in [-0.39, 0.29) is 17.7 Å². The van der Waals surface area contributed by atoms with E-state index >= 15 is 0 Å². The van der Waals surface area contributed by atoms with Crippen LogP contribution in [0.4, 0.5) is 0 Å². The van der Waals surface area contributed by atoms with E-state index in [9.17, 15) is 9.59 Å². The maximum atomic E-state index is 12.3. The SMILES string of the molecule is CC1CN(C(=O)CCCc2ccc(Cl)c(Cl)c2)CCC1C(=O)O. The summed E-state index contributed by atoms with van der Waals surface area (Å²) in [5, 5.41) is 10.2. The number of carboxylic acid groups (broad SMARTS) is 1. The van der Waals surface area contributed by atoms with E-state index < -0.39 is 5.97 Å². The van der Waals surface area contributed by atoms with Crippen molar-refractivity contribution in [2.24, 2.45) is 11.8 Å². The number of likely N-dealkylation sites (tertiary alicyclic amines) is 1. The highest BCUT2D eigenvalue weighted by Crippen LogP contribution is 2.25. The van der Waals surface area contributed by atoms with Crippen molar-refractivity contribution in [3.05, 3.63) is 33.8 Å². The Morgan fingerprint density at radius 3 is 2.65 bits per heavy atom. The largest absolute Gasteiger partial charge is 0.481 e. The van der Waals surface area contributed by atoms with Crippen LogP contribution < -0.4 is 0 Å². The number of benzene rings is 1. The second kappa shape index (κ2) is 8.02. The van der Waals surface area contributed by atoms with Crippen molar-refractivity contribution >= 4 is 35.1 Å². The number of piperidine rings is 1. The van der Waals surface area contributed by atoms with E-state index in [2.05, 4.69) is 0 Å². The normalized spacial score (nSPS) is 21.3. The van der Waals surface area contributed by atoms with Gasteiger partial charge in [0.15, 0.2) is 0 Å². The molecular weight excluding hydrogens is 337 g/mol. The summed E-state index contributed by atoms with van der Waals surface area (Å²) in [4.78, 5) is 25.2. The Bertz CT molecular complexity index is 591. The molecule has 1 amide bonds. The Morgan fingerprint density at radius 1 is 1.30 bits per heavy atom. The molecule has 1 heterocycles. The van der Waals surface area contributed by atoms with Gasteiger partial charge in [-0.3, -0.25) is 9.59 Å². The molecule has 0 saturated carbocycles. The van der Waals surface area contributed by atoms with Gasteiger partial charge in [0.1, 0.15) is 0 Å². The number of halogens is 2. The Kier molecular flexibility index (Phi) is 6.31. The van der Waals surface area contributed by atoms with Gasteiger partial charge in [-0.1, -0.05) is 36.2 Å². The molecular formula is C17H21Cl2NO3. The van der Waals surface area contributed by atoms with Gasteiger partial charge in [-0.05, 0) is 42.9 Å². The molecule has 1 aliphatic rings. The van der Waals surface area contributed by atoms with Gasteiger partial charge in [0.2, 0.25) is 5.91 Å². The van der Waals surface area contributed by atoms with Crippen LogP contribution >= 0.6 is 23.2 Å². The molecule has 2 rings (SSSR count). The number of carboxylic acids is 1. The summed E-state index contributed by atoms with van der Waals surface area (Å²) in [6, 6.07) is 5.51. The predicted molar refractivity (Wildman–Crippen MR) is 90.9 cm³/mol. The third-order valence-corrected chi connectivity index (χ3v) is 5.15. The van der Waals surface area contributed by atoms with Gasteiger partial charge in [0, 0.05) is 19.5 Å². The van der Waals surface area contributed by atoms with Crippen LogP contribution in [0.2, 0.25) is 10.0 Å². The van der Waals surface area contributed by atoms with Crippen molar-refractivity contribution in [2.45, 2.75) is 32.6 Å². The zero-order valence-corrected chi connectivity index (χ0v) is 14.6. The van der Waals surface area contributed by atoms with Gasteiger partial charge in [0.25, 0.3) is 0 Å². The fourth-order valence-electron chi connectivity index (χ4n) is 3.04. The highest BCUT2D eigenvalue weighted by molar-refractivity contribution is 6.42. The zero-order chi connectivity index (χ0) is 17.0. The van der Waals surface area contributed by atoms with Crippen molar-refractivity contribution < 1.29 is 14.7 Å². The summed E-state index contributed by atoms with van der Waals surface area (Å²) in [7, 11) is 0. The lowest BCUT2D eigenvalue weighted by Gasteiger charge is -2.35. The Balaban J connectivity index is 1.79. The van der Waals surface area contributed by atoms with Gasteiger partial charge >= 0.3 is 5.97 Å². The van der Waals surface area contributed by atoms with E-state index in [4.69, 9.17) is 28.3 Å². The number of hydrogen-bond acceptors (Lipinski definition) is 2. The lowest BCUT2D eigenvalue weighted by atomic mass is 9.87. The van der Waals surface area contributed by atoms with Gasteiger partial charge < -0.3 is 10.0 Å². The fraction of sp³-hybridized carbons (Fsp3) is 0.529. The van der Waals surface area contributed by atoms with Crippen LogP contribution in [-0.2, 0) is 16.0 Å². The maximum absolute atomic E-state index is 12.3. The zero-order valence-electron chi connectivity index (χ0n) is 13.1. The number of carbonyl (C=O) groups excluding carboxylic acids is 1. The molecule has 4 nitrogen and oxygen atoms in total. The average molecular weight is 358 g/mol. The molecule has 1 aliphatic heterocycles. The van der Waals surface area contributed by atoms with Gasteiger partial charge in [-0.2, -0.15) is 0 Å². The molecule has 23 heavy (non-hydrogen) atoms. The van der Waals surface area contributed by atoms with Crippen LogP contribution in [0.3, 0.4) is 0 Å². The summed E-state index contributed by atoms with van der Waals surface area (Å²) < 4.78 is 0. The van der Waals surface area contributed by atoms with E-state index in [1.165, 1.54) is 0 Å². The molecule has 2 atom stereocenters. The minimum absolute atomic E-state index is 0.000252. The lowest BCUT2D eigenvalue weighted by molar-refractivity contribution is -0.148. The summed E-state index contributed by atoms with van der Waals surface area (Å²) in [6.45, 7) is 2.96. The minimum Gasteiger partial charge on any atom is -0.481 e. The molecule has 0 aromatic heterocycles. The van der Waals surface area contributed by atoms with Gasteiger partial charge in [-0.15, -0.1) is 0 Å². The number of nitrogens with zero attached hydrogens (tertiary/aromatic N) is 1. The van der Waals surface area contributed by atoms with E-state index in [0.717, 1.165) is 18.4 Å². The number of aryl methyl sites for hydroxylation is 1. The monoisotopic (exact) mass is 357 g/mol. The first-order valence-electron chi connectivity index (χ1n) is 7.83. The van der Waals surface area contributed by atoms with Crippen molar-refractivity contribution in [3.63, 3.8) is 0 Å². The molecule has 0 radical (unpaired) electrons. The second-order valence-corrected chi connectivity index (χ2v) is 6.97. The number of amides is 1. The molecule has 0 spiro atoms. The van der Waals surface area contributed by atoms with Crippen LogP contribution in [-0.4, -0.2) is 35.0 Å². The van der Waals surface area contributed by atoms with Crippen LogP contribution in [0.15, 0.2) is 18.2 Å². The molecule has 0 aliphatic carbocycles. The summed E-state index contributed by atoms with van der Waals surface area (Å²) >= 11 is 11.9. The topological polar surface area (TPSA) is 57.6 Å². The van der Waals surface area contributed by atoms with Crippen LogP contribution in [0.1, 0.15) is 31.7 Å². The van der Waals surface area contributed by atoms with Gasteiger partial charge in [0.05, 0.1) is 16.0 Å². The van der Waals surface area contributed by atoms with Crippen LogP contribution in [0.25, 0.3) is 0 Å². The number of hydrogen-bond donors (Lipinski definition) is 1. The molecule has 2 unspecified atom stereocenters. The molecule has 1 aromatic carbocycles. The summed E-state index contributed by atoms with van der Waals surface area (Å²) in [5.74, 6) is -1.000. The molecule has 1 N–H and O–H groups in total. The Labute approximate surface area is 146 Å². The standard InChI is InChI=1S/C17H21Cl2NO3/c1-11-10-20(8-7-13(11)17(22)23)16(21)4-2-3-12-5-6-14(18)15(19)9-12/h5-6,9,11,13H,2-4,7-8,10H2,1H3,(H,22,23). The Morgan fingerprint density at radius 2 is 2.04 bits per heavy atom. The number of aliphatic carboxylic acids is 1. The predicted octanol–water partition coefficient (Wildman–Crippen LogP) is 3.89. The van der Waals surface area contributed by atoms with Crippen LogP contribution in [0.5, 0.6) is 0 Å². The van der Waals surface area contributed by atoms with Crippen molar-refractivity contribution in [3.8, 4) is 0 Å². The summed E-state index contributed by atoms with van der Waals surface area (Å²) in [5.41, 5.74) is 1.06. The third-order valence-electron chi connectivity index (χ3n) is 4.42. The lowest BCUT2D eigenvalue weighted by Crippen LogP contribution is -2.44. The third kappa shape index (κ3) is 4.85. The molecule has 0 bridgehead atoms. The smallest absolute Gasteiger partial charge is 0.306 e. The van der Waals surface area contributed by atoms with Crippen molar-refractivity contribution in [1.29, 1.82) is 0 Å². The highest BCUT2D eigenvalue weighted by atomic mass is 35.5. The van der Waals surface area contributed by atoms with Crippen molar-refractivity contribution in [1.82, 2.24) is 4.90 Å². The van der Waals surface area contributed by atoms with Crippen LogP contribution in [0, 0.1) is 11.8 Å². The van der Waals surface area contributed by atoms with E-state index in [1.54, 1.807) is 11.0 Å². The molecule has 126 valence electrons. The first-order valence-corrected chi connectivity index (χ1v) is 8.58. The van der Waals surface area contributed by atoms with E-state index in [1.807, 2.05) is 19.1 Å².